The molecule has 1 fully saturated rings. The van der Waals surface area contributed by atoms with Crippen molar-refractivity contribution in [1.29, 1.82) is 0 Å². The lowest BCUT2D eigenvalue weighted by Gasteiger charge is -2.38. The third-order valence-electron chi connectivity index (χ3n) is 6.79. The average Bonchev–Trinajstić information content (AvgIpc) is 2.93. The minimum atomic E-state index is -0.304. The molecule has 0 amide bonds. The Labute approximate surface area is 210 Å². The number of hydrogen-bond acceptors (Lipinski definition) is 8. The molecule has 0 unspecified atom stereocenters. The molecule has 1 aliphatic heterocycles. The number of anilines is 2. The Morgan fingerprint density at radius 1 is 0.917 bits per heavy atom. The standard InChI is InChI=1S/C27H31FN8/c1-3-35(4-2)22-14-16-36(17-15-22)26-23-25(31-27(32-26)29-18-19-8-6-5-7-9-19)34-33-24(30-23)20-10-12-21(28)13-11-20/h5-13,22H,3-4,14-18H2,1-2H3,(H,29,31,32,34). The molecule has 9 heteroatoms. The maximum absolute atomic E-state index is 13.4. The van der Waals surface area contributed by atoms with Crippen LogP contribution in [0.15, 0.2) is 54.6 Å². The summed E-state index contributed by atoms with van der Waals surface area (Å²) in [6.45, 7) is 8.91. The molecule has 1 N–H and O–H groups in total. The predicted octanol–water partition coefficient (Wildman–Crippen LogP) is 4.54. The highest BCUT2D eigenvalue weighted by molar-refractivity contribution is 5.85. The number of piperidine rings is 1. The minimum Gasteiger partial charge on any atom is -0.354 e. The number of halogens is 1. The zero-order valence-corrected chi connectivity index (χ0v) is 20.7. The smallest absolute Gasteiger partial charge is 0.227 e. The van der Waals surface area contributed by atoms with E-state index in [9.17, 15) is 4.39 Å². The van der Waals surface area contributed by atoms with E-state index in [4.69, 9.17) is 9.97 Å². The Morgan fingerprint density at radius 2 is 1.64 bits per heavy atom. The van der Waals surface area contributed by atoms with E-state index < -0.39 is 0 Å². The van der Waals surface area contributed by atoms with E-state index in [2.05, 4.69) is 56.3 Å². The van der Waals surface area contributed by atoms with Crippen LogP contribution in [0.25, 0.3) is 22.6 Å². The highest BCUT2D eigenvalue weighted by Crippen LogP contribution is 2.28. The van der Waals surface area contributed by atoms with E-state index in [1.807, 2.05) is 18.2 Å². The van der Waals surface area contributed by atoms with Crippen LogP contribution >= 0.6 is 0 Å². The summed E-state index contributed by atoms with van der Waals surface area (Å²) in [6.07, 6.45) is 2.12. The van der Waals surface area contributed by atoms with Crippen LogP contribution < -0.4 is 10.2 Å². The quantitative estimate of drug-likeness (QED) is 0.389. The number of fused-ring (bicyclic) bond motifs is 1. The predicted molar refractivity (Wildman–Crippen MR) is 140 cm³/mol. The van der Waals surface area contributed by atoms with Crippen molar-refractivity contribution in [2.24, 2.45) is 0 Å². The van der Waals surface area contributed by atoms with Gasteiger partial charge in [-0.2, -0.15) is 9.97 Å². The Morgan fingerprint density at radius 3 is 2.33 bits per heavy atom. The topological polar surface area (TPSA) is 83.0 Å². The van der Waals surface area contributed by atoms with Gasteiger partial charge in [0.15, 0.2) is 17.2 Å². The van der Waals surface area contributed by atoms with Crippen LogP contribution in [0.1, 0.15) is 32.3 Å². The van der Waals surface area contributed by atoms with Gasteiger partial charge < -0.3 is 15.1 Å². The zero-order chi connectivity index (χ0) is 24.9. The molecule has 2 aromatic carbocycles. The van der Waals surface area contributed by atoms with Crippen molar-refractivity contribution in [3.63, 3.8) is 0 Å². The highest BCUT2D eigenvalue weighted by atomic mass is 19.1. The van der Waals surface area contributed by atoms with E-state index in [1.165, 1.54) is 12.1 Å². The molecule has 3 heterocycles. The van der Waals surface area contributed by atoms with Crippen molar-refractivity contribution in [1.82, 2.24) is 30.0 Å². The molecule has 1 aliphatic rings. The van der Waals surface area contributed by atoms with Gasteiger partial charge in [-0.1, -0.05) is 44.2 Å². The van der Waals surface area contributed by atoms with Crippen molar-refractivity contribution in [2.75, 3.05) is 36.4 Å². The molecular formula is C27H31FN8. The van der Waals surface area contributed by atoms with Crippen LogP contribution in [0.4, 0.5) is 16.2 Å². The van der Waals surface area contributed by atoms with Crippen LogP contribution in [0, 0.1) is 5.82 Å². The fraction of sp³-hybridized carbons (Fsp3) is 0.370. The fourth-order valence-corrected chi connectivity index (χ4v) is 4.80. The van der Waals surface area contributed by atoms with Gasteiger partial charge >= 0.3 is 0 Å². The summed E-state index contributed by atoms with van der Waals surface area (Å²) in [5.74, 6) is 1.38. The maximum Gasteiger partial charge on any atom is 0.227 e. The summed E-state index contributed by atoms with van der Waals surface area (Å²) in [5.41, 5.74) is 2.88. The molecular weight excluding hydrogens is 455 g/mol. The molecule has 0 spiro atoms. The molecule has 4 aromatic rings. The van der Waals surface area contributed by atoms with Crippen molar-refractivity contribution >= 4 is 22.9 Å². The van der Waals surface area contributed by atoms with Gasteiger partial charge in [-0.25, -0.2) is 9.37 Å². The second kappa shape index (κ2) is 10.9. The maximum atomic E-state index is 13.4. The largest absolute Gasteiger partial charge is 0.354 e. The van der Waals surface area contributed by atoms with Crippen LogP contribution in [-0.2, 0) is 6.54 Å². The molecule has 0 radical (unpaired) electrons. The van der Waals surface area contributed by atoms with E-state index in [1.54, 1.807) is 12.1 Å². The Hall–Kier alpha value is -3.72. The molecule has 0 saturated carbocycles. The number of nitrogens with one attached hydrogen (secondary N) is 1. The first-order valence-corrected chi connectivity index (χ1v) is 12.6. The van der Waals surface area contributed by atoms with E-state index >= 15 is 0 Å². The average molecular weight is 487 g/mol. The van der Waals surface area contributed by atoms with Gasteiger partial charge in [-0.3, -0.25) is 0 Å². The van der Waals surface area contributed by atoms with Gasteiger partial charge in [0.05, 0.1) is 0 Å². The first-order valence-electron chi connectivity index (χ1n) is 12.6. The van der Waals surface area contributed by atoms with Gasteiger partial charge in [0.1, 0.15) is 5.82 Å². The molecule has 0 aliphatic carbocycles. The number of benzene rings is 2. The van der Waals surface area contributed by atoms with Crippen LogP contribution in [0.2, 0.25) is 0 Å². The van der Waals surface area contributed by atoms with Gasteiger partial charge in [0.2, 0.25) is 11.6 Å². The highest BCUT2D eigenvalue weighted by Gasteiger charge is 2.26. The van der Waals surface area contributed by atoms with Crippen LogP contribution in [0.3, 0.4) is 0 Å². The number of rotatable bonds is 8. The van der Waals surface area contributed by atoms with Gasteiger partial charge in [-0.15, -0.1) is 10.2 Å². The van der Waals surface area contributed by atoms with Gasteiger partial charge in [-0.05, 0) is 55.8 Å². The summed E-state index contributed by atoms with van der Waals surface area (Å²) in [5, 5.41) is 12.0. The zero-order valence-electron chi connectivity index (χ0n) is 20.7. The molecule has 36 heavy (non-hydrogen) atoms. The molecule has 2 aromatic heterocycles. The Bertz CT molecular complexity index is 1290. The van der Waals surface area contributed by atoms with E-state index in [0.717, 1.165) is 50.4 Å². The van der Waals surface area contributed by atoms with Crippen molar-refractivity contribution in [3.8, 4) is 11.4 Å². The minimum absolute atomic E-state index is 0.304. The third kappa shape index (κ3) is 5.26. The summed E-state index contributed by atoms with van der Waals surface area (Å²) < 4.78 is 13.4. The summed E-state index contributed by atoms with van der Waals surface area (Å²) in [4.78, 5) is 19.1. The SMILES string of the molecule is CCN(CC)C1CCN(c2nc(NCc3ccccc3)nc3nnc(-c4ccc(F)cc4)nc23)CC1. The lowest BCUT2D eigenvalue weighted by Crippen LogP contribution is -2.45. The van der Waals surface area contributed by atoms with Crippen LogP contribution in [0.5, 0.6) is 0 Å². The molecule has 0 atom stereocenters. The first kappa shape index (κ1) is 24.0. The summed E-state index contributed by atoms with van der Waals surface area (Å²) in [6, 6.07) is 16.8. The van der Waals surface area contributed by atoms with Crippen molar-refractivity contribution in [2.45, 2.75) is 39.3 Å². The summed E-state index contributed by atoms with van der Waals surface area (Å²) >= 11 is 0. The molecule has 8 nitrogen and oxygen atoms in total. The molecule has 5 rings (SSSR count). The Balaban J connectivity index is 1.48. The second-order valence-electron chi connectivity index (χ2n) is 8.96. The molecule has 1 saturated heterocycles. The molecule has 186 valence electrons. The van der Waals surface area contributed by atoms with E-state index in [0.29, 0.717) is 41.1 Å². The molecule has 0 bridgehead atoms. The van der Waals surface area contributed by atoms with Crippen LogP contribution in [-0.4, -0.2) is 62.3 Å². The Kier molecular flexibility index (Phi) is 7.27. The first-order chi connectivity index (χ1) is 17.6. The van der Waals surface area contributed by atoms with Gasteiger partial charge in [0.25, 0.3) is 0 Å². The lowest BCUT2D eigenvalue weighted by molar-refractivity contribution is 0.186. The number of hydrogen-bond donors (Lipinski definition) is 1. The second-order valence-corrected chi connectivity index (χ2v) is 8.96. The van der Waals surface area contributed by atoms with Crippen molar-refractivity contribution < 1.29 is 4.39 Å². The normalized spacial score (nSPS) is 14.5. The number of aromatic nitrogens is 5. The number of nitrogens with zero attached hydrogens (tertiary/aromatic N) is 7. The fourth-order valence-electron chi connectivity index (χ4n) is 4.80. The monoisotopic (exact) mass is 486 g/mol. The summed E-state index contributed by atoms with van der Waals surface area (Å²) in [7, 11) is 0. The van der Waals surface area contributed by atoms with E-state index in [-0.39, 0.29) is 5.82 Å². The lowest BCUT2D eigenvalue weighted by atomic mass is 10.0. The van der Waals surface area contributed by atoms with Gasteiger partial charge in [0, 0.05) is 31.2 Å². The third-order valence-corrected chi connectivity index (χ3v) is 6.79. The van der Waals surface area contributed by atoms with Crippen molar-refractivity contribution in [3.05, 3.63) is 66.0 Å².